The Morgan fingerprint density at radius 3 is 2.46 bits per heavy atom. The highest BCUT2D eigenvalue weighted by atomic mass is 35.5. The number of carbonyl (C=O) groups excluding carboxylic acids is 2. The van der Waals surface area contributed by atoms with E-state index in [2.05, 4.69) is 17.6 Å². The fourth-order valence-electron chi connectivity index (χ4n) is 1.94. The van der Waals surface area contributed by atoms with Crippen LogP contribution in [0.4, 0.5) is 4.79 Å². The third-order valence-electron chi connectivity index (χ3n) is 2.85. The van der Waals surface area contributed by atoms with Crippen LogP contribution in [0.2, 0.25) is 5.02 Å². The summed E-state index contributed by atoms with van der Waals surface area (Å²) in [6, 6.07) is 5.97. The Hall–Kier alpha value is -2.23. The minimum absolute atomic E-state index is 0.0517. The monoisotopic (exact) mass is 351 g/mol. The zero-order valence-corrected chi connectivity index (χ0v) is 15.1. The van der Waals surface area contributed by atoms with Gasteiger partial charge in [-0.1, -0.05) is 36.4 Å². The summed E-state index contributed by atoms with van der Waals surface area (Å²) in [7, 11) is 0. The van der Waals surface area contributed by atoms with Gasteiger partial charge in [-0.15, -0.1) is 5.73 Å². The molecular weight excluding hydrogens is 330 g/mol. The number of hydrogen-bond acceptors (Lipinski definition) is 4. The van der Waals surface area contributed by atoms with Crippen LogP contribution in [0.5, 0.6) is 0 Å². The molecule has 0 heterocycles. The van der Waals surface area contributed by atoms with E-state index in [1.54, 1.807) is 52.0 Å². The summed E-state index contributed by atoms with van der Waals surface area (Å²) in [5, 5.41) is 3.02. The summed E-state index contributed by atoms with van der Waals surface area (Å²) in [6.45, 7) is 10.6. The second-order valence-electron chi connectivity index (χ2n) is 5.91. The Labute approximate surface area is 147 Å². The molecule has 0 aliphatic heterocycles. The van der Waals surface area contributed by atoms with E-state index in [0.717, 1.165) is 0 Å². The van der Waals surface area contributed by atoms with Gasteiger partial charge in [0.2, 0.25) is 0 Å². The summed E-state index contributed by atoms with van der Waals surface area (Å²) >= 11 is 6.21. The lowest BCUT2D eigenvalue weighted by Crippen LogP contribution is -2.37. The maximum absolute atomic E-state index is 12.2. The Balaban J connectivity index is 3.22. The highest BCUT2D eigenvalue weighted by Crippen LogP contribution is 2.29. The fraction of sp³-hybridized carbons (Fsp3) is 0.389. The lowest BCUT2D eigenvalue weighted by atomic mass is 9.99. The maximum atomic E-state index is 12.2. The van der Waals surface area contributed by atoms with Gasteiger partial charge in [0.05, 0.1) is 12.6 Å². The van der Waals surface area contributed by atoms with Crippen LogP contribution < -0.4 is 5.32 Å². The number of nitrogens with one attached hydrogen (secondary N) is 1. The molecule has 0 aliphatic carbocycles. The number of benzene rings is 1. The quantitative estimate of drug-likeness (QED) is 0.491. The third-order valence-corrected chi connectivity index (χ3v) is 3.20. The van der Waals surface area contributed by atoms with Gasteiger partial charge in [0.25, 0.3) is 0 Å². The standard InChI is InChI=1S/C18H22ClNO4/c1-6-12(16(21)23-7-2)15(13-10-8-9-11-14(13)19)20-17(22)24-18(3,4)5/h8-11,15H,1,7H2,2-5H3,(H,20,22). The Bertz CT molecular complexity index is 657. The van der Waals surface area contributed by atoms with E-state index in [1.807, 2.05) is 0 Å². The predicted molar refractivity (Wildman–Crippen MR) is 92.8 cm³/mol. The van der Waals surface area contributed by atoms with Crippen molar-refractivity contribution in [2.24, 2.45) is 0 Å². The van der Waals surface area contributed by atoms with Crippen molar-refractivity contribution in [3.05, 3.63) is 52.7 Å². The molecule has 0 fully saturated rings. The predicted octanol–water partition coefficient (Wildman–Crippen LogP) is 4.18. The van der Waals surface area contributed by atoms with Crippen LogP contribution >= 0.6 is 11.6 Å². The molecule has 130 valence electrons. The zero-order chi connectivity index (χ0) is 18.3. The van der Waals surface area contributed by atoms with E-state index < -0.39 is 23.7 Å². The number of hydrogen-bond donors (Lipinski definition) is 1. The molecule has 1 amide bonds. The maximum Gasteiger partial charge on any atom is 0.408 e. The first kappa shape index (κ1) is 19.8. The van der Waals surface area contributed by atoms with Gasteiger partial charge in [-0.2, -0.15) is 0 Å². The van der Waals surface area contributed by atoms with E-state index in [4.69, 9.17) is 21.1 Å². The molecule has 0 saturated heterocycles. The second-order valence-corrected chi connectivity index (χ2v) is 6.32. The molecule has 1 atom stereocenters. The summed E-state index contributed by atoms with van der Waals surface area (Å²) in [5.41, 5.74) is 2.43. The van der Waals surface area contributed by atoms with Crippen LogP contribution in [0.1, 0.15) is 39.3 Å². The largest absolute Gasteiger partial charge is 0.462 e. The van der Waals surface area contributed by atoms with Gasteiger partial charge < -0.3 is 14.8 Å². The number of rotatable bonds is 5. The topological polar surface area (TPSA) is 64.6 Å². The molecule has 0 aromatic heterocycles. The molecule has 1 rings (SSSR count). The molecule has 1 aromatic carbocycles. The van der Waals surface area contributed by atoms with Crippen LogP contribution in [0.15, 0.2) is 42.1 Å². The molecule has 0 bridgehead atoms. The molecule has 0 radical (unpaired) electrons. The molecule has 6 heteroatoms. The molecule has 1 unspecified atom stereocenters. The van der Waals surface area contributed by atoms with Crippen molar-refractivity contribution in [2.75, 3.05) is 6.61 Å². The van der Waals surface area contributed by atoms with Crippen LogP contribution in [0.3, 0.4) is 0 Å². The van der Waals surface area contributed by atoms with E-state index in [1.165, 1.54) is 0 Å². The smallest absolute Gasteiger partial charge is 0.408 e. The van der Waals surface area contributed by atoms with Crippen molar-refractivity contribution >= 4 is 23.7 Å². The highest BCUT2D eigenvalue weighted by Gasteiger charge is 2.29. The Kier molecular flexibility index (Phi) is 7.08. The first-order valence-corrected chi connectivity index (χ1v) is 7.88. The van der Waals surface area contributed by atoms with Crippen LogP contribution in [0.25, 0.3) is 0 Å². The second kappa shape index (κ2) is 8.57. The lowest BCUT2D eigenvalue weighted by Gasteiger charge is -2.24. The van der Waals surface area contributed by atoms with Gasteiger partial charge in [-0.05, 0) is 39.3 Å². The van der Waals surface area contributed by atoms with Crippen molar-refractivity contribution in [3.8, 4) is 0 Å². The average Bonchev–Trinajstić information content (AvgIpc) is 2.46. The molecule has 24 heavy (non-hydrogen) atoms. The molecular formula is C18H22ClNO4. The van der Waals surface area contributed by atoms with Gasteiger partial charge in [0.15, 0.2) is 0 Å². The number of amides is 1. The molecule has 5 nitrogen and oxygen atoms in total. The van der Waals surface area contributed by atoms with E-state index in [0.29, 0.717) is 10.6 Å². The SMILES string of the molecule is C=C=C(C(=O)OCC)C(NC(=O)OC(C)(C)C)c1ccccc1Cl. The van der Waals surface area contributed by atoms with Crippen molar-refractivity contribution in [1.82, 2.24) is 5.32 Å². The fourth-order valence-corrected chi connectivity index (χ4v) is 2.19. The van der Waals surface area contributed by atoms with Gasteiger partial charge in [0, 0.05) is 5.02 Å². The van der Waals surface area contributed by atoms with Crippen LogP contribution in [0, 0.1) is 0 Å². The summed E-state index contributed by atoms with van der Waals surface area (Å²) < 4.78 is 10.3. The van der Waals surface area contributed by atoms with Crippen molar-refractivity contribution in [1.29, 1.82) is 0 Å². The van der Waals surface area contributed by atoms with E-state index in [9.17, 15) is 9.59 Å². The summed E-state index contributed by atoms with van der Waals surface area (Å²) in [5.74, 6) is -0.631. The number of ether oxygens (including phenoxy) is 2. The molecule has 1 aromatic rings. The number of carbonyl (C=O) groups is 2. The average molecular weight is 352 g/mol. The van der Waals surface area contributed by atoms with Crippen LogP contribution in [-0.4, -0.2) is 24.3 Å². The van der Waals surface area contributed by atoms with E-state index in [-0.39, 0.29) is 12.2 Å². The molecule has 0 aliphatic rings. The zero-order valence-electron chi connectivity index (χ0n) is 14.3. The van der Waals surface area contributed by atoms with Gasteiger partial charge >= 0.3 is 12.1 Å². The number of alkyl carbamates (subject to hydrolysis) is 1. The van der Waals surface area contributed by atoms with Crippen LogP contribution in [-0.2, 0) is 14.3 Å². The minimum atomic E-state index is -0.884. The van der Waals surface area contributed by atoms with Crippen molar-refractivity contribution in [2.45, 2.75) is 39.3 Å². The highest BCUT2D eigenvalue weighted by molar-refractivity contribution is 6.31. The third kappa shape index (κ3) is 5.76. The number of esters is 1. The minimum Gasteiger partial charge on any atom is -0.462 e. The van der Waals surface area contributed by atoms with Crippen molar-refractivity contribution < 1.29 is 19.1 Å². The molecule has 0 spiro atoms. The summed E-state index contributed by atoms with van der Waals surface area (Å²) in [4.78, 5) is 24.3. The van der Waals surface area contributed by atoms with Gasteiger partial charge in [0.1, 0.15) is 11.2 Å². The van der Waals surface area contributed by atoms with E-state index >= 15 is 0 Å². The molecule has 0 saturated carbocycles. The molecule has 1 N–H and O–H groups in total. The van der Waals surface area contributed by atoms with Gasteiger partial charge in [-0.3, -0.25) is 0 Å². The normalized spacial score (nSPS) is 11.9. The van der Waals surface area contributed by atoms with Crippen molar-refractivity contribution in [3.63, 3.8) is 0 Å². The summed E-state index contributed by atoms with van der Waals surface area (Å²) in [6.07, 6.45) is -0.690. The first-order chi connectivity index (χ1) is 11.2. The Morgan fingerprint density at radius 1 is 1.33 bits per heavy atom. The van der Waals surface area contributed by atoms with Gasteiger partial charge in [-0.25, -0.2) is 9.59 Å². The lowest BCUT2D eigenvalue weighted by molar-refractivity contribution is -0.138. The Morgan fingerprint density at radius 2 is 1.96 bits per heavy atom. The number of halogens is 1. The first-order valence-electron chi connectivity index (χ1n) is 7.50.